The van der Waals surface area contributed by atoms with Crippen LogP contribution in [0.25, 0.3) is 11.1 Å². The zero-order valence-electron chi connectivity index (χ0n) is 20.1. The molecule has 0 aliphatic carbocycles. The van der Waals surface area contributed by atoms with Crippen LogP contribution in [0.3, 0.4) is 0 Å². The minimum atomic E-state index is -0.149. The van der Waals surface area contributed by atoms with Gasteiger partial charge in [-0.05, 0) is 34.9 Å². The Morgan fingerprint density at radius 1 is 0.806 bits per heavy atom. The third-order valence-electron chi connectivity index (χ3n) is 6.17. The Kier molecular flexibility index (Phi) is 7.76. The smallest absolute Gasteiger partial charge is 0.225 e. The molecule has 2 heterocycles. The second-order valence-corrected chi connectivity index (χ2v) is 8.72. The molecule has 1 saturated heterocycles. The third kappa shape index (κ3) is 6.03. The molecule has 184 valence electrons. The summed E-state index contributed by atoms with van der Waals surface area (Å²) in [6.07, 6.45) is -0.149. The summed E-state index contributed by atoms with van der Waals surface area (Å²) < 4.78 is 17.7. The maximum absolute atomic E-state index is 9.45. The molecule has 1 atom stereocenters. The lowest BCUT2D eigenvalue weighted by Crippen LogP contribution is -2.44. The summed E-state index contributed by atoms with van der Waals surface area (Å²) in [4.78, 5) is 6.95. The first kappa shape index (κ1) is 23.9. The number of nitrogens with zero attached hydrogens (tertiary/aromatic N) is 2. The van der Waals surface area contributed by atoms with Crippen molar-refractivity contribution in [3.05, 3.63) is 108 Å². The van der Waals surface area contributed by atoms with Gasteiger partial charge in [0.1, 0.15) is 13.2 Å². The van der Waals surface area contributed by atoms with Gasteiger partial charge in [-0.2, -0.15) is 4.98 Å². The van der Waals surface area contributed by atoms with Crippen molar-refractivity contribution in [1.29, 1.82) is 0 Å². The summed E-state index contributed by atoms with van der Waals surface area (Å²) in [6.45, 7) is 2.97. The van der Waals surface area contributed by atoms with Gasteiger partial charge in [0.15, 0.2) is 0 Å². The number of pyridine rings is 1. The molecule has 6 nitrogen and oxygen atoms in total. The minimum absolute atomic E-state index is 0.0288. The number of hydrogen-bond donors (Lipinski definition) is 1. The highest BCUT2D eigenvalue weighted by molar-refractivity contribution is 5.71. The molecule has 0 bridgehead atoms. The summed E-state index contributed by atoms with van der Waals surface area (Å²) >= 11 is 0. The second kappa shape index (κ2) is 11.7. The Balaban J connectivity index is 1.36. The number of anilines is 1. The maximum atomic E-state index is 9.45. The zero-order valence-corrected chi connectivity index (χ0v) is 20.1. The van der Waals surface area contributed by atoms with Crippen LogP contribution in [-0.4, -0.2) is 42.5 Å². The average molecular weight is 483 g/mol. The van der Waals surface area contributed by atoms with Crippen LogP contribution in [0.2, 0.25) is 0 Å². The van der Waals surface area contributed by atoms with Gasteiger partial charge in [0.2, 0.25) is 11.8 Å². The van der Waals surface area contributed by atoms with Crippen LogP contribution >= 0.6 is 0 Å². The fraction of sp³-hybridized carbons (Fsp3) is 0.233. The molecule has 0 radical (unpaired) electrons. The van der Waals surface area contributed by atoms with Gasteiger partial charge in [-0.3, -0.25) is 0 Å². The highest BCUT2D eigenvalue weighted by Gasteiger charge is 2.20. The van der Waals surface area contributed by atoms with E-state index in [1.165, 1.54) is 0 Å². The molecule has 1 N–H and O–H groups in total. The van der Waals surface area contributed by atoms with E-state index >= 15 is 0 Å². The summed E-state index contributed by atoms with van der Waals surface area (Å²) in [6, 6.07) is 32.3. The van der Waals surface area contributed by atoms with Gasteiger partial charge in [-0.1, -0.05) is 72.8 Å². The van der Waals surface area contributed by atoms with Gasteiger partial charge in [-0.15, -0.1) is 0 Å². The Labute approximate surface area is 211 Å². The molecule has 6 heteroatoms. The molecule has 3 aromatic carbocycles. The molecule has 0 spiro atoms. The fourth-order valence-electron chi connectivity index (χ4n) is 4.21. The van der Waals surface area contributed by atoms with Gasteiger partial charge >= 0.3 is 0 Å². The van der Waals surface area contributed by atoms with Crippen LogP contribution < -0.4 is 14.4 Å². The molecule has 36 heavy (non-hydrogen) atoms. The van der Waals surface area contributed by atoms with Crippen LogP contribution in [0.15, 0.2) is 97.1 Å². The molecule has 1 aliphatic rings. The predicted molar refractivity (Wildman–Crippen MR) is 140 cm³/mol. The first-order valence-electron chi connectivity index (χ1n) is 12.2. The highest BCUT2D eigenvalue weighted by Crippen LogP contribution is 2.33. The SMILES string of the molecule is OC[C@@H]1CN(c2ccc(-c3ccc(OCc4ccccc4)nc3OCc3ccccc3)cc2)CCO1. The van der Waals surface area contributed by atoms with E-state index in [0.717, 1.165) is 34.5 Å². The van der Waals surface area contributed by atoms with Gasteiger partial charge in [0.05, 0.1) is 19.3 Å². The number of morpholine rings is 1. The number of rotatable bonds is 9. The summed E-state index contributed by atoms with van der Waals surface area (Å²) in [5.74, 6) is 1.05. The first-order chi connectivity index (χ1) is 17.8. The van der Waals surface area contributed by atoms with Crippen molar-refractivity contribution in [2.45, 2.75) is 19.3 Å². The number of ether oxygens (including phenoxy) is 3. The van der Waals surface area contributed by atoms with E-state index in [0.29, 0.717) is 38.1 Å². The predicted octanol–water partition coefficient (Wildman–Crippen LogP) is 5.10. The minimum Gasteiger partial charge on any atom is -0.473 e. The Morgan fingerprint density at radius 2 is 1.47 bits per heavy atom. The van der Waals surface area contributed by atoms with Gasteiger partial charge < -0.3 is 24.2 Å². The number of aliphatic hydroxyl groups excluding tert-OH is 1. The van der Waals surface area contributed by atoms with E-state index in [2.05, 4.69) is 29.2 Å². The zero-order chi connectivity index (χ0) is 24.6. The molecular weight excluding hydrogens is 452 g/mol. The normalized spacial score (nSPS) is 15.5. The van der Waals surface area contributed by atoms with E-state index in [9.17, 15) is 5.11 Å². The van der Waals surface area contributed by atoms with E-state index in [1.807, 2.05) is 72.8 Å². The maximum Gasteiger partial charge on any atom is 0.225 e. The number of aromatic nitrogens is 1. The Bertz CT molecular complexity index is 1230. The van der Waals surface area contributed by atoms with Crippen LogP contribution in [-0.2, 0) is 18.0 Å². The number of aliphatic hydroxyl groups is 1. The second-order valence-electron chi connectivity index (χ2n) is 8.72. The average Bonchev–Trinajstić information content (AvgIpc) is 2.96. The van der Waals surface area contributed by atoms with Crippen molar-refractivity contribution >= 4 is 5.69 Å². The lowest BCUT2D eigenvalue weighted by molar-refractivity contribution is 0.00357. The molecule has 0 saturated carbocycles. The molecule has 4 aromatic rings. The lowest BCUT2D eigenvalue weighted by Gasteiger charge is -2.33. The van der Waals surface area contributed by atoms with Crippen molar-refractivity contribution in [3.8, 4) is 22.9 Å². The van der Waals surface area contributed by atoms with Crippen molar-refractivity contribution < 1.29 is 19.3 Å². The molecule has 1 fully saturated rings. The van der Waals surface area contributed by atoms with Crippen molar-refractivity contribution in [3.63, 3.8) is 0 Å². The molecular formula is C30H30N2O4. The summed E-state index contributed by atoms with van der Waals surface area (Å²) in [5.41, 5.74) is 5.16. The van der Waals surface area contributed by atoms with Crippen LogP contribution in [0, 0.1) is 0 Å². The lowest BCUT2D eigenvalue weighted by atomic mass is 10.1. The highest BCUT2D eigenvalue weighted by atomic mass is 16.5. The topological polar surface area (TPSA) is 64.1 Å². The van der Waals surface area contributed by atoms with Crippen LogP contribution in [0.4, 0.5) is 5.69 Å². The van der Waals surface area contributed by atoms with Gasteiger partial charge in [0, 0.05) is 30.4 Å². The van der Waals surface area contributed by atoms with Crippen LogP contribution in [0.5, 0.6) is 11.8 Å². The van der Waals surface area contributed by atoms with Crippen LogP contribution in [0.1, 0.15) is 11.1 Å². The van der Waals surface area contributed by atoms with E-state index in [-0.39, 0.29) is 12.7 Å². The molecule has 5 rings (SSSR count). The van der Waals surface area contributed by atoms with Crippen molar-refractivity contribution in [2.24, 2.45) is 0 Å². The van der Waals surface area contributed by atoms with E-state index in [4.69, 9.17) is 19.2 Å². The molecule has 1 aromatic heterocycles. The molecule has 0 unspecified atom stereocenters. The van der Waals surface area contributed by atoms with Gasteiger partial charge in [-0.25, -0.2) is 0 Å². The number of hydrogen-bond acceptors (Lipinski definition) is 6. The summed E-state index contributed by atoms with van der Waals surface area (Å²) in [7, 11) is 0. The Morgan fingerprint density at radius 3 is 2.14 bits per heavy atom. The van der Waals surface area contributed by atoms with E-state index in [1.54, 1.807) is 0 Å². The standard InChI is InChI=1S/C30H30N2O4/c33-20-27-19-32(17-18-34-27)26-13-11-25(12-14-26)28-15-16-29(35-21-23-7-3-1-4-8-23)31-30(28)36-22-24-9-5-2-6-10-24/h1-16,27,33H,17-22H2/t27-/m0/s1. The monoisotopic (exact) mass is 482 g/mol. The van der Waals surface area contributed by atoms with Crippen molar-refractivity contribution in [2.75, 3.05) is 31.2 Å². The first-order valence-corrected chi connectivity index (χ1v) is 12.2. The number of benzene rings is 3. The Hall–Kier alpha value is -3.87. The van der Waals surface area contributed by atoms with Crippen molar-refractivity contribution in [1.82, 2.24) is 4.98 Å². The van der Waals surface area contributed by atoms with E-state index < -0.39 is 0 Å². The molecule has 0 amide bonds. The fourth-order valence-corrected chi connectivity index (χ4v) is 4.21. The third-order valence-corrected chi connectivity index (χ3v) is 6.17. The van der Waals surface area contributed by atoms with Gasteiger partial charge in [0.25, 0.3) is 0 Å². The quantitative estimate of drug-likeness (QED) is 0.358. The summed E-state index contributed by atoms with van der Waals surface area (Å²) in [5, 5.41) is 9.45. The largest absolute Gasteiger partial charge is 0.473 e. The molecule has 1 aliphatic heterocycles.